The molecule has 1 saturated heterocycles. The highest BCUT2D eigenvalue weighted by atomic mass is 19.1. The number of aryl methyl sites for hydroxylation is 1. The summed E-state index contributed by atoms with van der Waals surface area (Å²) in [7, 11) is 0. The van der Waals surface area contributed by atoms with Crippen LogP contribution in [0.5, 0.6) is 0 Å². The van der Waals surface area contributed by atoms with Gasteiger partial charge in [-0.05, 0) is 68.7 Å². The van der Waals surface area contributed by atoms with Crippen molar-refractivity contribution in [2.45, 2.75) is 32.1 Å². The van der Waals surface area contributed by atoms with Gasteiger partial charge in [0.05, 0.1) is 0 Å². The Labute approximate surface area is 158 Å². The summed E-state index contributed by atoms with van der Waals surface area (Å²) in [6, 6.07) is 9.68. The zero-order valence-electron chi connectivity index (χ0n) is 15.8. The summed E-state index contributed by atoms with van der Waals surface area (Å²) in [4.78, 5) is 17.1. The van der Waals surface area contributed by atoms with Gasteiger partial charge in [-0.15, -0.1) is 0 Å². The molecule has 0 N–H and O–H groups in total. The van der Waals surface area contributed by atoms with Crippen LogP contribution in [0.4, 0.5) is 14.5 Å². The lowest BCUT2D eigenvalue weighted by atomic mass is 9.74. The van der Waals surface area contributed by atoms with Crippen molar-refractivity contribution in [1.29, 1.82) is 0 Å². The van der Waals surface area contributed by atoms with E-state index in [2.05, 4.69) is 24.0 Å². The van der Waals surface area contributed by atoms with E-state index in [4.69, 9.17) is 0 Å². The van der Waals surface area contributed by atoms with Crippen LogP contribution in [0.2, 0.25) is 0 Å². The van der Waals surface area contributed by atoms with Crippen LogP contribution >= 0.6 is 0 Å². The van der Waals surface area contributed by atoms with E-state index >= 15 is 0 Å². The molecule has 1 amide bonds. The summed E-state index contributed by atoms with van der Waals surface area (Å²) in [6.07, 6.45) is 1.89. The Balaban J connectivity index is 1.76. The van der Waals surface area contributed by atoms with E-state index < -0.39 is 23.1 Å². The van der Waals surface area contributed by atoms with Gasteiger partial charge in [0, 0.05) is 17.6 Å². The summed E-state index contributed by atoms with van der Waals surface area (Å²) in [5.41, 5.74) is 2.37. The molecule has 4 rings (SSSR count). The molecule has 27 heavy (non-hydrogen) atoms. The molecule has 3 nitrogen and oxygen atoms in total. The predicted molar refractivity (Wildman–Crippen MR) is 102 cm³/mol. The summed E-state index contributed by atoms with van der Waals surface area (Å²) in [5, 5.41) is 0. The number of benzene rings is 2. The zero-order chi connectivity index (χ0) is 19.2. The molecule has 0 aromatic heterocycles. The number of likely N-dealkylation sites (tertiary alicyclic amines) is 1. The van der Waals surface area contributed by atoms with E-state index in [0.717, 1.165) is 61.4 Å². The van der Waals surface area contributed by atoms with Gasteiger partial charge >= 0.3 is 0 Å². The molecule has 0 radical (unpaired) electrons. The molecule has 0 atom stereocenters. The van der Waals surface area contributed by atoms with Gasteiger partial charge in [-0.1, -0.05) is 25.1 Å². The van der Waals surface area contributed by atoms with Gasteiger partial charge in [0.15, 0.2) is 0 Å². The number of carbonyl (C=O) groups excluding carboxylic acids is 1. The fourth-order valence-corrected chi connectivity index (χ4v) is 4.53. The molecule has 1 fully saturated rings. The third-order valence-corrected chi connectivity index (χ3v) is 6.16. The molecule has 0 bridgehead atoms. The predicted octanol–water partition coefficient (Wildman–Crippen LogP) is 4.29. The van der Waals surface area contributed by atoms with Crippen molar-refractivity contribution in [1.82, 2.24) is 4.90 Å². The van der Waals surface area contributed by atoms with Gasteiger partial charge < -0.3 is 9.80 Å². The quantitative estimate of drug-likeness (QED) is 0.787. The summed E-state index contributed by atoms with van der Waals surface area (Å²) < 4.78 is 28.5. The second-order valence-electron chi connectivity index (χ2n) is 7.72. The van der Waals surface area contributed by atoms with Gasteiger partial charge in [0.2, 0.25) is 0 Å². The Morgan fingerprint density at radius 3 is 2.41 bits per heavy atom. The van der Waals surface area contributed by atoms with Crippen LogP contribution in [0.1, 0.15) is 41.3 Å². The molecule has 2 aromatic rings. The van der Waals surface area contributed by atoms with Crippen LogP contribution < -0.4 is 4.90 Å². The number of rotatable bonds is 2. The largest absolute Gasteiger partial charge is 0.307 e. The number of piperidine rings is 1. The van der Waals surface area contributed by atoms with E-state index in [1.165, 1.54) is 6.07 Å². The lowest BCUT2D eigenvalue weighted by molar-refractivity contribution is 0.0969. The monoisotopic (exact) mass is 370 g/mol. The first-order valence-electron chi connectivity index (χ1n) is 9.54. The maximum absolute atomic E-state index is 14.2. The molecule has 2 aliphatic rings. The molecule has 0 saturated carbocycles. The number of anilines is 1. The Kier molecular flexibility index (Phi) is 4.50. The van der Waals surface area contributed by atoms with Crippen LogP contribution in [0, 0.1) is 18.6 Å². The van der Waals surface area contributed by atoms with E-state index in [1.807, 2.05) is 13.0 Å². The second-order valence-corrected chi connectivity index (χ2v) is 7.72. The van der Waals surface area contributed by atoms with Crippen LogP contribution in [0.3, 0.4) is 0 Å². The van der Waals surface area contributed by atoms with Gasteiger partial charge in [-0.25, -0.2) is 8.78 Å². The topological polar surface area (TPSA) is 23.6 Å². The number of hydrogen-bond acceptors (Lipinski definition) is 2. The molecule has 0 unspecified atom stereocenters. The number of carbonyl (C=O) groups is 1. The smallest absolute Gasteiger partial charge is 0.264 e. The average Bonchev–Trinajstić information content (AvgIpc) is 2.95. The number of hydrogen-bond donors (Lipinski definition) is 0. The molecule has 1 spiro atoms. The van der Waals surface area contributed by atoms with E-state index in [9.17, 15) is 13.6 Å². The minimum atomic E-state index is -0.809. The highest BCUT2D eigenvalue weighted by Crippen LogP contribution is 2.47. The first kappa shape index (κ1) is 18.1. The van der Waals surface area contributed by atoms with E-state index in [-0.39, 0.29) is 5.41 Å². The highest BCUT2D eigenvalue weighted by molar-refractivity contribution is 6.08. The molecular formula is C22H24F2N2O. The van der Waals surface area contributed by atoms with Crippen molar-refractivity contribution in [3.63, 3.8) is 0 Å². The molecule has 2 aromatic carbocycles. The third kappa shape index (κ3) is 2.94. The number of halogens is 2. The van der Waals surface area contributed by atoms with Gasteiger partial charge in [0.25, 0.3) is 5.91 Å². The van der Waals surface area contributed by atoms with Crippen molar-refractivity contribution in [3.05, 3.63) is 64.7 Å². The molecule has 2 heterocycles. The second kappa shape index (κ2) is 6.71. The summed E-state index contributed by atoms with van der Waals surface area (Å²) in [5.74, 6) is -2.21. The lowest BCUT2D eigenvalue weighted by Crippen LogP contribution is -2.46. The average molecular weight is 370 g/mol. The minimum absolute atomic E-state index is 0.133. The highest BCUT2D eigenvalue weighted by Gasteiger charge is 2.46. The van der Waals surface area contributed by atoms with Crippen LogP contribution in [0.15, 0.2) is 36.4 Å². The van der Waals surface area contributed by atoms with Crippen LogP contribution in [0.25, 0.3) is 0 Å². The fraction of sp³-hybridized carbons (Fsp3) is 0.409. The van der Waals surface area contributed by atoms with Gasteiger partial charge in [0.1, 0.15) is 17.2 Å². The Morgan fingerprint density at radius 2 is 1.78 bits per heavy atom. The molecule has 2 aliphatic heterocycles. The first-order chi connectivity index (χ1) is 12.9. The number of fused-ring (bicyclic) bond motifs is 2. The normalized spacial score (nSPS) is 18.7. The van der Waals surface area contributed by atoms with Crippen LogP contribution in [-0.2, 0) is 5.41 Å². The van der Waals surface area contributed by atoms with Gasteiger partial charge in [-0.3, -0.25) is 4.79 Å². The van der Waals surface area contributed by atoms with Gasteiger partial charge in [-0.2, -0.15) is 0 Å². The number of nitrogens with zero attached hydrogens (tertiary/aromatic N) is 2. The maximum Gasteiger partial charge on any atom is 0.264 e. The summed E-state index contributed by atoms with van der Waals surface area (Å²) in [6.45, 7) is 7.56. The summed E-state index contributed by atoms with van der Waals surface area (Å²) >= 11 is 0. The molecule has 142 valence electrons. The minimum Gasteiger partial charge on any atom is -0.307 e. The Bertz CT molecular complexity index is 868. The van der Waals surface area contributed by atoms with E-state index in [0.29, 0.717) is 6.54 Å². The molecule has 0 aliphatic carbocycles. The van der Waals surface area contributed by atoms with Crippen molar-refractivity contribution in [2.75, 3.05) is 31.1 Å². The van der Waals surface area contributed by atoms with Crippen molar-refractivity contribution in [2.24, 2.45) is 0 Å². The van der Waals surface area contributed by atoms with Crippen LogP contribution in [-0.4, -0.2) is 37.0 Å². The van der Waals surface area contributed by atoms with Crippen molar-refractivity contribution in [3.8, 4) is 0 Å². The zero-order valence-corrected chi connectivity index (χ0v) is 15.8. The SMILES string of the molecule is CCN1CCC2(CC1)CN(C(=O)c1c(F)cccc1F)c1cc(C)ccc12. The van der Waals surface area contributed by atoms with Crippen molar-refractivity contribution >= 4 is 11.6 Å². The van der Waals surface area contributed by atoms with E-state index in [1.54, 1.807) is 4.90 Å². The number of amides is 1. The van der Waals surface area contributed by atoms with Crippen molar-refractivity contribution < 1.29 is 13.6 Å². The Morgan fingerprint density at radius 1 is 1.11 bits per heavy atom. The molecule has 5 heteroatoms. The standard InChI is InChI=1S/C22H24F2N2O/c1-3-25-11-9-22(10-12-25)14-26(19-13-15(2)7-8-16(19)22)21(27)20-17(23)5-4-6-18(20)24/h4-8,13H,3,9-12,14H2,1-2H3. The third-order valence-electron chi connectivity index (χ3n) is 6.16. The Hall–Kier alpha value is -2.27. The lowest BCUT2D eigenvalue weighted by Gasteiger charge is -2.39. The fourth-order valence-electron chi connectivity index (χ4n) is 4.53. The first-order valence-corrected chi connectivity index (χ1v) is 9.54. The molecular weight excluding hydrogens is 346 g/mol. The maximum atomic E-state index is 14.2.